The van der Waals surface area contributed by atoms with Crippen molar-refractivity contribution in [3.8, 4) is 0 Å². The molecule has 0 aliphatic carbocycles. The molecule has 0 aliphatic heterocycles. The molecule has 3 heteroatoms. The summed E-state index contributed by atoms with van der Waals surface area (Å²) in [6.45, 7) is 5.93. The van der Waals surface area contributed by atoms with Crippen LogP contribution in [-0.2, 0) is 4.79 Å². The van der Waals surface area contributed by atoms with Crippen LogP contribution in [0, 0.1) is 12.8 Å². The molecule has 15 heavy (non-hydrogen) atoms. The van der Waals surface area contributed by atoms with Crippen molar-refractivity contribution >= 4 is 24.2 Å². The topological polar surface area (TPSA) is 29.1 Å². The normalized spacial score (nSPS) is 12.6. The molecule has 0 radical (unpaired) electrons. The smallest absolute Gasteiger partial charge is 0.237 e. The third kappa shape index (κ3) is 3.27. The molecule has 0 spiro atoms. The van der Waals surface area contributed by atoms with Gasteiger partial charge < -0.3 is 5.32 Å². The van der Waals surface area contributed by atoms with E-state index in [1.807, 2.05) is 45.0 Å². The van der Waals surface area contributed by atoms with Gasteiger partial charge in [-0.1, -0.05) is 32.0 Å². The summed E-state index contributed by atoms with van der Waals surface area (Å²) in [5.41, 5.74) is 1.93. The lowest BCUT2D eigenvalue weighted by Crippen LogP contribution is -2.27. The minimum atomic E-state index is -0.260. The van der Waals surface area contributed by atoms with Crippen LogP contribution in [0.1, 0.15) is 19.4 Å². The highest BCUT2D eigenvalue weighted by atomic mass is 32.1. The van der Waals surface area contributed by atoms with E-state index >= 15 is 0 Å². The number of carbonyl (C=O) groups excluding carboxylic acids is 1. The molecular weight excluding hydrogens is 206 g/mol. The van der Waals surface area contributed by atoms with Gasteiger partial charge in [0, 0.05) is 5.69 Å². The molecule has 82 valence electrons. The summed E-state index contributed by atoms with van der Waals surface area (Å²) in [4.78, 5) is 11.7. The molecule has 0 saturated heterocycles. The van der Waals surface area contributed by atoms with Crippen LogP contribution in [0.5, 0.6) is 0 Å². The second-order valence-electron chi connectivity index (χ2n) is 3.99. The van der Waals surface area contributed by atoms with Crippen molar-refractivity contribution in [3.63, 3.8) is 0 Å². The Labute approximate surface area is 96.5 Å². The number of nitrogens with one attached hydrogen (secondary N) is 1. The summed E-state index contributed by atoms with van der Waals surface area (Å²) < 4.78 is 0. The highest BCUT2D eigenvalue weighted by molar-refractivity contribution is 7.81. The second kappa shape index (κ2) is 5.21. The second-order valence-corrected chi connectivity index (χ2v) is 4.55. The Morgan fingerprint density at radius 2 is 1.93 bits per heavy atom. The Kier molecular flexibility index (Phi) is 4.21. The molecule has 0 saturated carbocycles. The number of rotatable bonds is 3. The van der Waals surface area contributed by atoms with E-state index in [2.05, 4.69) is 17.9 Å². The number of benzene rings is 1. The van der Waals surface area contributed by atoms with E-state index < -0.39 is 0 Å². The molecule has 0 heterocycles. The lowest BCUT2D eigenvalue weighted by molar-refractivity contribution is -0.116. The zero-order valence-electron chi connectivity index (χ0n) is 9.32. The third-order valence-corrected chi connectivity index (χ3v) is 3.13. The van der Waals surface area contributed by atoms with Crippen LogP contribution in [0.15, 0.2) is 24.3 Å². The number of hydrogen-bond donors (Lipinski definition) is 2. The van der Waals surface area contributed by atoms with E-state index in [4.69, 9.17) is 0 Å². The minimum Gasteiger partial charge on any atom is -0.325 e. The first-order valence-electron chi connectivity index (χ1n) is 5.07. The fourth-order valence-electron chi connectivity index (χ4n) is 1.22. The average Bonchev–Trinajstić information content (AvgIpc) is 2.20. The maximum absolute atomic E-state index is 11.7. The third-order valence-electron chi connectivity index (χ3n) is 2.30. The fraction of sp³-hybridized carbons (Fsp3) is 0.417. The predicted molar refractivity (Wildman–Crippen MR) is 67.4 cm³/mol. The Balaban J connectivity index is 2.71. The van der Waals surface area contributed by atoms with Crippen molar-refractivity contribution in [1.29, 1.82) is 0 Å². The lowest BCUT2D eigenvalue weighted by Gasteiger charge is -2.15. The monoisotopic (exact) mass is 223 g/mol. The Hall–Kier alpha value is -0.960. The fourth-order valence-corrected chi connectivity index (χ4v) is 1.29. The summed E-state index contributed by atoms with van der Waals surface area (Å²) in [6, 6.07) is 7.73. The number of para-hydroxylation sites is 1. The molecule has 1 unspecified atom stereocenters. The molecule has 1 rings (SSSR count). The Bertz CT molecular complexity index is 349. The molecule has 2 nitrogen and oxygen atoms in total. The van der Waals surface area contributed by atoms with E-state index in [1.54, 1.807) is 0 Å². The first-order chi connectivity index (χ1) is 7.02. The van der Waals surface area contributed by atoms with E-state index in [-0.39, 0.29) is 17.1 Å². The van der Waals surface area contributed by atoms with Gasteiger partial charge in [0.25, 0.3) is 0 Å². The standard InChI is InChI=1S/C12H17NOS/c1-8(2)11(15)12(14)13-10-7-5-4-6-9(10)3/h4-8,11,15H,1-3H3,(H,13,14). The number of aryl methyl sites for hydroxylation is 1. The van der Waals surface area contributed by atoms with E-state index in [0.29, 0.717) is 0 Å². The number of amides is 1. The summed E-state index contributed by atoms with van der Waals surface area (Å²) in [5, 5.41) is 2.62. The number of anilines is 1. The first kappa shape index (κ1) is 12.1. The van der Waals surface area contributed by atoms with Crippen LogP contribution >= 0.6 is 12.6 Å². The highest BCUT2D eigenvalue weighted by Crippen LogP contribution is 2.16. The van der Waals surface area contributed by atoms with Crippen molar-refractivity contribution in [3.05, 3.63) is 29.8 Å². The largest absolute Gasteiger partial charge is 0.325 e. The van der Waals surface area contributed by atoms with E-state index in [9.17, 15) is 4.79 Å². The summed E-state index contributed by atoms with van der Waals surface area (Å²) in [5.74, 6) is 0.194. The molecule has 1 N–H and O–H groups in total. The summed E-state index contributed by atoms with van der Waals surface area (Å²) in [6.07, 6.45) is 0. The molecular formula is C12H17NOS. The highest BCUT2D eigenvalue weighted by Gasteiger charge is 2.17. The molecule has 1 aromatic carbocycles. The van der Waals surface area contributed by atoms with E-state index in [0.717, 1.165) is 11.3 Å². The summed E-state index contributed by atoms with van der Waals surface area (Å²) >= 11 is 4.27. The van der Waals surface area contributed by atoms with Gasteiger partial charge in [-0.25, -0.2) is 0 Å². The maximum Gasteiger partial charge on any atom is 0.237 e. The van der Waals surface area contributed by atoms with Crippen LogP contribution in [0.25, 0.3) is 0 Å². The predicted octanol–water partition coefficient (Wildman–Crippen LogP) is 2.89. The maximum atomic E-state index is 11.7. The van der Waals surface area contributed by atoms with Gasteiger partial charge >= 0.3 is 0 Å². The van der Waals surface area contributed by atoms with Gasteiger partial charge in [0.15, 0.2) is 0 Å². The molecule has 1 amide bonds. The van der Waals surface area contributed by atoms with Crippen LogP contribution in [-0.4, -0.2) is 11.2 Å². The van der Waals surface area contributed by atoms with Gasteiger partial charge in [-0.15, -0.1) is 0 Å². The van der Waals surface area contributed by atoms with Gasteiger partial charge in [-0.2, -0.15) is 12.6 Å². The van der Waals surface area contributed by atoms with Crippen molar-refractivity contribution in [2.24, 2.45) is 5.92 Å². The molecule has 0 bridgehead atoms. The quantitative estimate of drug-likeness (QED) is 0.758. The van der Waals surface area contributed by atoms with Crippen LogP contribution in [0.4, 0.5) is 5.69 Å². The molecule has 0 aliphatic rings. The molecule has 0 fully saturated rings. The van der Waals surface area contributed by atoms with E-state index in [1.165, 1.54) is 0 Å². The number of thiol groups is 1. The van der Waals surface area contributed by atoms with Gasteiger partial charge in [-0.05, 0) is 24.5 Å². The zero-order valence-corrected chi connectivity index (χ0v) is 10.2. The van der Waals surface area contributed by atoms with Crippen molar-refractivity contribution in [2.75, 3.05) is 5.32 Å². The Morgan fingerprint density at radius 3 is 2.47 bits per heavy atom. The van der Waals surface area contributed by atoms with Gasteiger partial charge in [0.05, 0.1) is 5.25 Å². The lowest BCUT2D eigenvalue weighted by atomic mass is 10.1. The zero-order chi connectivity index (χ0) is 11.4. The van der Waals surface area contributed by atoms with Gasteiger partial charge in [0.1, 0.15) is 0 Å². The van der Waals surface area contributed by atoms with Crippen LogP contribution in [0.2, 0.25) is 0 Å². The SMILES string of the molecule is Cc1ccccc1NC(=O)C(S)C(C)C. The van der Waals surface area contributed by atoms with Crippen LogP contribution < -0.4 is 5.32 Å². The summed E-state index contributed by atoms with van der Waals surface area (Å²) in [7, 11) is 0. The first-order valence-corrected chi connectivity index (χ1v) is 5.58. The van der Waals surface area contributed by atoms with Crippen molar-refractivity contribution < 1.29 is 4.79 Å². The van der Waals surface area contributed by atoms with Crippen LogP contribution in [0.3, 0.4) is 0 Å². The number of hydrogen-bond acceptors (Lipinski definition) is 2. The molecule has 0 aromatic heterocycles. The van der Waals surface area contributed by atoms with Crippen molar-refractivity contribution in [2.45, 2.75) is 26.0 Å². The van der Waals surface area contributed by atoms with Crippen molar-refractivity contribution in [1.82, 2.24) is 0 Å². The van der Waals surface area contributed by atoms with Gasteiger partial charge in [0.2, 0.25) is 5.91 Å². The molecule has 1 aromatic rings. The molecule has 1 atom stereocenters. The Morgan fingerprint density at radius 1 is 1.33 bits per heavy atom. The average molecular weight is 223 g/mol. The van der Waals surface area contributed by atoms with Gasteiger partial charge in [-0.3, -0.25) is 4.79 Å². The minimum absolute atomic E-state index is 0.0392. The number of carbonyl (C=O) groups is 1.